The molecule has 0 N–H and O–H groups in total. The average molecular weight is 252 g/mol. The van der Waals surface area contributed by atoms with E-state index in [1.54, 1.807) is 0 Å². The lowest BCUT2D eigenvalue weighted by Gasteiger charge is -2.18. The molecule has 1 rings (SSSR count). The smallest absolute Gasteiger partial charge is 0.406 e. The van der Waals surface area contributed by atoms with E-state index in [0.29, 0.717) is 5.19 Å². The third-order valence-electron chi connectivity index (χ3n) is 1.98. The molecule has 1 aromatic rings. The van der Waals surface area contributed by atoms with Crippen molar-refractivity contribution >= 4 is 13.3 Å². The van der Waals surface area contributed by atoms with Crippen LogP contribution in [-0.2, 0) is 0 Å². The Bertz CT molecular complexity index is 381. The van der Waals surface area contributed by atoms with Crippen LogP contribution >= 0.6 is 0 Å². The number of rotatable bonds is 2. The Morgan fingerprint density at radius 2 is 1.69 bits per heavy atom. The van der Waals surface area contributed by atoms with Crippen molar-refractivity contribution in [2.45, 2.75) is 26.0 Å². The van der Waals surface area contributed by atoms with E-state index in [0.717, 1.165) is 12.1 Å². The van der Waals surface area contributed by atoms with Gasteiger partial charge in [0.2, 0.25) is 0 Å². The van der Waals surface area contributed by atoms with Crippen molar-refractivity contribution in [2.24, 2.45) is 0 Å². The summed E-state index contributed by atoms with van der Waals surface area (Å²) in [5.74, 6) is -1.16. The average Bonchev–Trinajstić information content (AvgIpc) is 1.97. The summed E-state index contributed by atoms with van der Waals surface area (Å²) in [6.45, 7) is 5.74. The molecule has 90 valence electrons. The Morgan fingerprint density at radius 1 is 1.12 bits per heavy atom. The van der Waals surface area contributed by atoms with E-state index in [9.17, 15) is 17.6 Å². The molecule has 0 bridgehead atoms. The molecule has 6 heteroatoms. The van der Waals surface area contributed by atoms with Crippen LogP contribution in [0.3, 0.4) is 0 Å². The Kier molecular flexibility index (Phi) is 3.32. The van der Waals surface area contributed by atoms with Crippen molar-refractivity contribution in [3.8, 4) is 5.75 Å². The topological polar surface area (TPSA) is 9.23 Å². The van der Waals surface area contributed by atoms with Gasteiger partial charge < -0.3 is 4.74 Å². The maximum atomic E-state index is 13.5. The lowest BCUT2D eigenvalue weighted by Crippen LogP contribution is -2.39. The van der Waals surface area contributed by atoms with Gasteiger partial charge in [0, 0.05) is 6.07 Å². The molecule has 16 heavy (non-hydrogen) atoms. The summed E-state index contributed by atoms with van der Waals surface area (Å²) >= 11 is 0. The second kappa shape index (κ2) is 4.08. The highest BCUT2D eigenvalue weighted by atomic mass is 28.3. The predicted molar refractivity (Wildman–Crippen MR) is 56.1 cm³/mol. The monoisotopic (exact) mass is 252 g/mol. The van der Waals surface area contributed by atoms with E-state index in [1.807, 2.05) is 19.6 Å². The van der Waals surface area contributed by atoms with Crippen LogP contribution in [0.15, 0.2) is 18.2 Å². The van der Waals surface area contributed by atoms with Crippen LogP contribution in [0.25, 0.3) is 0 Å². The van der Waals surface area contributed by atoms with Crippen molar-refractivity contribution in [1.82, 2.24) is 0 Å². The van der Waals surface area contributed by atoms with Crippen LogP contribution in [0, 0.1) is 5.82 Å². The zero-order valence-corrected chi connectivity index (χ0v) is 10.2. The summed E-state index contributed by atoms with van der Waals surface area (Å²) < 4.78 is 52.7. The predicted octanol–water partition coefficient (Wildman–Crippen LogP) is 3.27. The molecule has 1 aromatic carbocycles. The van der Waals surface area contributed by atoms with Crippen LogP contribution in [0.2, 0.25) is 19.6 Å². The maximum absolute atomic E-state index is 13.5. The summed E-state index contributed by atoms with van der Waals surface area (Å²) in [6, 6.07) is 3.29. The van der Waals surface area contributed by atoms with E-state index in [4.69, 9.17) is 0 Å². The van der Waals surface area contributed by atoms with Gasteiger partial charge in [-0.05, 0) is 11.3 Å². The van der Waals surface area contributed by atoms with Crippen molar-refractivity contribution in [1.29, 1.82) is 0 Å². The summed E-state index contributed by atoms with van der Waals surface area (Å²) in [4.78, 5) is 0. The highest BCUT2D eigenvalue weighted by Crippen LogP contribution is 2.23. The molecule has 0 unspecified atom stereocenters. The number of halogens is 4. The van der Waals surface area contributed by atoms with Crippen LogP contribution in [0.5, 0.6) is 5.75 Å². The number of alkyl halides is 3. The number of benzene rings is 1. The summed E-state index contributed by atoms with van der Waals surface area (Å²) in [7, 11) is -1.87. The first-order valence-corrected chi connectivity index (χ1v) is 8.15. The molecular weight excluding hydrogens is 240 g/mol. The van der Waals surface area contributed by atoms with Gasteiger partial charge in [-0.1, -0.05) is 25.7 Å². The summed E-state index contributed by atoms with van der Waals surface area (Å²) in [5, 5.41) is 0.488. The molecule has 0 saturated heterocycles. The number of hydrogen-bond donors (Lipinski definition) is 0. The third-order valence-corrected chi connectivity index (χ3v) is 4.00. The van der Waals surface area contributed by atoms with Gasteiger partial charge in [-0.25, -0.2) is 4.39 Å². The molecule has 0 aliphatic heterocycles. The first kappa shape index (κ1) is 13.0. The fourth-order valence-electron chi connectivity index (χ4n) is 1.30. The third kappa shape index (κ3) is 3.51. The second-order valence-corrected chi connectivity index (χ2v) is 9.48. The zero-order valence-electron chi connectivity index (χ0n) is 9.15. The van der Waals surface area contributed by atoms with Gasteiger partial charge >= 0.3 is 6.36 Å². The highest BCUT2D eigenvalue weighted by molar-refractivity contribution is 6.88. The molecule has 0 heterocycles. The van der Waals surface area contributed by atoms with Gasteiger partial charge in [0.25, 0.3) is 0 Å². The molecule has 0 radical (unpaired) electrons. The van der Waals surface area contributed by atoms with Crippen LogP contribution < -0.4 is 9.92 Å². The molecule has 0 saturated carbocycles. The highest BCUT2D eigenvalue weighted by Gasteiger charge is 2.31. The fourth-order valence-corrected chi connectivity index (χ4v) is 2.67. The number of ether oxygens (including phenoxy) is 1. The summed E-state index contributed by atoms with van der Waals surface area (Å²) in [5.41, 5.74) is 0. The maximum Gasteiger partial charge on any atom is 0.573 e. The molecular formula is C10H12F4OSi. The molecule has 1 nitrogen and oxygen atoms in total. The van der Waals surface area contributed by atoms with E-state index in [2.05, 4.69) is 4.74 Å². The minimum Gasteiger partial charge on any atom is -0.406 e. The Morgan fingerprint density at radius 3 is 2.06 bits per heavy atom. The lowest BCUT2D eigenvalue weighted by molar-refractivity contribution is -0.274. The quantitative estimate of drug-likeness (QED) is 0.580. The Balaban J connectivity index is 3.01. The van der Waals surface area contributed by atoms with Crippen molar-refractivity contribution < 1.29 is 22.3 Å². The van der Waals surface area contributed by atoms with Gasteiger partial charge in [0.15, 0.2) is 0 Å². The Labute approximate surface area is 92.0 Å². The minimum atomic E-state index is -4.78. The standard InChI is InChI=1S/C10H12F4OSi/c1-16(2,3)9-5-4-7(6-8(9)11)15-10(12,13)14/h4-6H,1-3H3. The van der Waals surface area contributed by atoms with Gasteiger partial charge in [0.05, 0.1) is 8.07 Å². The van der Waals surface area contributed by atoms with Crippen LogP contribution in [0.1, 0.15) is 0 Å². The Hall–Kier alpha value is -1.04. The van der Waals surface area contributed by atoms with Gasteiger partial charge in [-0.2, -0.15) is 0 Å². The van der Waals surface area contributed by atoms with Gasteiger partial charge in [-0.3, -0.25) is 0 Å². The van der Waals surface area contributed by atoms with Gasteiger partial charge in [0.1, 0.15) is 11.6 Å². The molecule has 0 amide bonds. The fraction of sp³-hybridized carbons (Fsp3) is 0.400. The van der Waals surface area contributed by atoms with E-state index < -0.39 is 26.0 Å². The number of hydrogen-bond acceptors (Lipinski definition) is 1. The van der Waals surface area contributed by atoms with E-state index in [-0.39, 0.29) is 0 Å². The first-order chi connectivity index (χ1) is 7.09. The van der Waals surface area contributed by atoms with Crippen LogP contribution in [0.4, 0.5) is 17.6 Å². The molecule has 0 atom stereocenters. The molecule has 0 aliphatic carbocycles. The van der Waals surface area contributed by atoms with Crippen molar-refractivity contribution in [3.05, 3.63) is 24.0 Å². The van der Waals surface area contributed by atoms with Crippen LogP contribution in [-0.4, -0.2) is 14.4 Å². The molecule has 0 aromatic heterocycles. The van der Waals surface area contributed by atoms with E-state index in [1.165, 1.54) is 6.07 Å². The first-order valence-electron chi connectivity index (χ1n) is 4.65. The largest absolute Gasteiger partial charge is 0.573 e. The second-order valence-electron chi connectivity index (χ2n) is 4.44. The van der Waals surface area contributed by atoms with Crippen molar-refractivity contribution in [2.75, 3.05) is 0 Å². The zero-order chi connectivity index (χ0) is 12.6. The molecule has 0 aliphatic rings. The SMILES string of the molecule is C[Si](C)(C)c1ccc(OC(F)(F)F)cc1F. The minimum absolute atomic E-state index is 0.488. The van der Waals surface area contributed by atoms with Crippen molar-refractivity contribution in [3.63, 3.8) is 0 Å². The summed E-state index contributed by atoms with van der Waals surface area (Å²) in [6.07, 6.45) is -4.78. The lowest BCUT2D eigenvalue weighted by atomic mass is 10.3. The molecule has 0 spiro atoms. The van der Waals surface area contributed by atoms with E-state index >= 15 is 0 Å². The molecule has 0 fully saturated rings. The normalized spacial score (nSPS) is 12.7. The van der Waals surface area contributed by atoms with Gasteiger partial charge in [-0.15, -0.1) is 13.2 Å².